The molecule has 4 bridgehead atoms. The molecule has 3 unspecified atom stereocenters. The van der Waals surface area contributed by atoms with Crippen LogP contribution in [0.3, 0.4) is 0 Å². The molecular weight excluding hydrogens is 464 g/mol. The van der Waals surface area contributed by atoms with Gasteiger partial charge in [-0.25, -0.2) is 4.39 Å². The molecule has 0 aromatic heterocycles. The van der Waals surface area contributed by atoms with E-state index in [-0.39, 0.29) is 40.1 Å². The first-order chi connectivity index (χ1) is 15.4. The Kier molecular flexibility index (Phi) is 6.40. The van der Waals surface area contributed by atoms with Gasteiger partial charge in [0.05, 0.1) is 17.0 Å². The molecule has 0 saturated carbocycles. The van der Waals surface area contributed by atoms with Gasteiger partial charge in [0.25, 0.3) is 0 Å². The van der Waals surface area contributed by atoms with Crippen LogP contribution in [-0.2, 0) is 9.59 Å². The van der Waals surface area contributed by atoms with Crippen molar-refractivity contribution in [3.63, 3.8) is 0 Å². The Morgan fingerprint density at radius 3 is 2.45 bits per heavy atom. The Morgan fingerprint density at radius 1 is 1.15 bits per heavy atom. The molecule has 2 amide bonds. The van der Waals surface area contributed by atoms with E-state index in [0.717, 1.165) is 12.1 Å². The fourth-order valence-electron chi connectivity index (χ4n) is 5.64. The van der Waals surface area contributed by atoms with Gasteiger partial charge in [-0.2, -0.15) is 0 Å². The van der Waals surface area contributed by atoms with Gasteiger partial charge >= 0.3 is 0 Å². The van der Waals surface area contributed by atoms with Crippen LogP contribution >= 0.6 is 23.2 Å². The van der Waals surface area contributed by atoms with Crippen molar-refractivity contribution in [2.24, 2.45) is 23.2 Å². The molecule has 2 heterocycles. The van der Waals surface area contributed by atoms with Gasteiger partial charge in [0.1, 0.15) is 5.82 Å². The number of hydrogen-bond acceptors (Lipinski definition) is 3. The van der Waals surface area contributed by atoms with Gasteiger partial charge in [-0.3, -0.25) is 9.59 Å². The number of carbonyl (C=O) groups excluding carboxylic acids is 2. The molecule has 2 saturated heterocycles. The summed E-state index contributed by atoms with van der Waals surface area (Å²) in [5.74, 6) is -2.24. The number of hydrogen-bond donors (Lipinski definition) is 2. The van der Waals surface area contributed by atoms with Crippen LogP contribution in [0.1, 0.15) is 38.7 Å². The van der Waals surface area contributed by atoms with Crippen molar-refractivity contribution >= 4 is 35.0 Å². The highest BCUT2D eigenvalue weighted by Gasteiger charge is 2.55. The predicted molar refractivity (Wildman–Crippen MR) is 128 cm³/mol. The minimum absolute atomic E-state index is 0.0261. The van der Waals surface area contributed by atoms with Crippen LogP contribution in [0, 0.1) is 29.0 Å². The van der Waals surface area contributed by atoms with E-state index in [1.54, 1.807) is 20.2 Å². The van der Waals surface area contributed by atoms with Gasteiger partial charge in [0, 0.05) is 48.6 Å². The lowest BCUT2D eigenvalue weighted by molar-refractivity contribution is -0.133. The molecule has 8 heteroatoms. The van der Waals surface area contributed by atoms with Crippen LogP contribution in [0.2, 0.25) is 5.02 Å². The van der Waals surface area contributed by atoms with Gasteiger partial charge < -0.3 is 15.5 Å². The fourth-order valence-corrected chi connectivity index (χ4v) is 6.09. The SMILES string of the molecule is CN(C)C(=O)[C@@H]1N[C@H](CC(C)(C)C)C2C3=CC(Cl)=CC2C(C(=O)N3)[C@H]1c1ccc(F)c(Cl)c1. The first-order valence-electron chi connectivity index (χ1n) is 11.2. The lowest BCUT2D eigenvalue weighted by Crippen LogP contribution is -2.52. The molecule has 2 fully saturated rings. The molecule has 0 spiro atoms. The lowest BCUT2D eigenvalue weighted by atomic mass is 9.64. The fraction of sp³-hybridized carbons (Fsp3) is 0.520. The van der Waals surface area contributed by atoms with E-state index in [4.69, 9.17) is 23.2 Å². The van der Waals surface area contributed by atoms with Crippen LogP contribution in [-0.4, -0.2) is 42.9 Å². The summed E-state index contributed by atoms with van der Waals surface area (Å²) in [5.41, 5.74) is 1.40. The maximum Gasteiger partial charge on any atom is 0.239 e. The van der Waals surface area contributed by atoms with E-state index < -0.39 is 23.7 Å². The zero-order valence-corrected chi connectivity index (χ0v) is 21.0. The van der Waals surface area contributed by atoms with Crippen LogP contribution in [0.25, 0.3) is 0 Å². The smallest absolute Gasteiger partial charge is 0.239 e. The Morgan fingerprint density at radius 2 is 1.85 bits per heavy atom. The highest BCUT2D eigenvalue weighted by Crippen LogP contribution is 2.50. The zero-order chi connectivity index (χ0) is 24.2. The Labute approximate surface area is 204 Å². The molecule has 33 heavy (non-hydrogen) atoms. The molecule has 3 aliphatic rings. The number of rotatable bonds is 3. The molecule has 1 aromatic rings. The minimum Gasteiger partial charge on any atom is -0.347 e. The summed E-state index contributed by atoms with van der Waals surface area (Å²) in [5, 5.41) is 7.24. The van der Waals surface area contributed by atoms with Crippen LogP contribution < -0.4 is 10.6 Å². The van der Waals surface area contributed by atoms with E-state index >= 15 is 0 Å². The normalized spacial score (nSPS) is 31.2. The first-order valence-corrected chi connectivity index (χ1v) is 11.9. The molecule has 0 radical (unpaired) electrons. The van der Waals surface area contributed by atoms with Crippen LogP contribution in [0.15, 0.2) is 41.1 Å². The monoisotopic (exact) mass is 493 g/mol. The number of piperidine rings is 1. The predicted octanol–water partition coefficient (Wildman–Crippen LogP) is 4.43. The molecule has 1 aromatic carbocycles. The van der Waals surface area contributed by atoms with Crippen LogP contribution in [0.4, 0.5) is 4.39 Å². The van der Waals surface area contributed by atoms with Crippen molar-refractivity contribution in [1.29, 1.82) is 0 Å². The molecule has 1 aliphatic carbocycles. The quantitative estimate of drug-likeness (QED) is 0.654. The maximum atomic E-state index is 14.0. The number of benzene rings is 1. The Hall–Kier alpha value is -1.89. The Balaban J connectivity index is 1.93. The van der Waals surface area contributed by atoms with Crippen molar-refractivity contribution in [1.82, 2.24) is 15.5 Å². The second-order valence-electron chi connectivity index (χ2n) is 10.7. The number of amides is 2. The molecule has 4 rings (SSSR count). The third kappa shape index (κ3) is 4.58. The van der Waals surface area contributed by atoms with E-state index in [9.17, 15) is 14.0 Å². The summed E-state index contributed by atoms with van der Waals surface area (Å²) in [6, 6.07) is 3.67. The van der Waals surface area contributed by atoms with E-state index in [2.05, 4.69) is 31.4 Å². The maximum absolute atomic E-state index is 14.0. The minimum atomic E-state index is -0.693. The lowest BCUT2D eigenvalue weighted by Gasteiger charge is -2.44. The Bertz CT molecular complexity index is 1050. The zero-order valence-electron chi connectivity index (χ0n) is 19.5. The van der Waals surface area contributed by atoms with Gasteiger partial charge in [-0.15, -0.1) is 0 Å². The number of allylic oxidation sites excluding steroid dienone is 3. The van der Waals surface area contributed by atoms with Gasteiger partial charge in [0.2, 0.25) is 11.8 Å². The standard InChI is InChI=1S/C25H30Cl2FN3O2/c1-25(2,3)11-18-20-14-9-13(26)10-17(20)30-23(32)21(14)19(22(29-18)24(33)31(4)5)12-6-7-16(28)15(27)8-12/h6-10,14,18-22,29H,11H2,1-5H3,(H,30,32)/t14?,18-,19-,20?,21?,22-/m1/s1. The summed E-state index contributed by atoms with van der Waals surface area (Å²) in [6.45, 7) is 6.47. The third-order valence-corrected chi connectivity index (χ3v) is 7.37. The third-order valence-electron chi connectivity index (χ3n) is 6.84. The van der Waals surface area contributed by atoms with Gasteiger partial charge in [-0.05, 0) is 35.6 Å². The first kappa shape index (κ1) is 24.2. The molecular formula is C25H30Cl2FN3O2. The summed E-state index contributed by atoms with van der Waals surface area (Å²) in [6.07, 6.45) is 4.54. The summed E-state index contributed by atoms with van der Waals surface area (Å²) < 4.78 is 14.0. The van der Waals surface area contributed by atoms with Crippen molar-refractivity contribution in [3.8, 4) is 0 Å². The highest BCUT2D eigenvalue weighted by molar-refractivity contribution is 6.31. The molecule has 6 atom stereocenters. The van der Waals surface area contributed by atoms with Crippen LogP contribution in [0.5, 0.6) is 0 Å². The summed E-state index contributed by atoms with van der Waals surface area (Å²) in [7, 11) is 3.40. The summed E-state index contributed by atoms with van der Waals surface area (Å²) in [4.78, 5) is 28.5. The second kappa shape index (κ2) is 8.71. The topological polar surface area (TPSA) is 61.4 Å². The summed E-state index contributed by atoms with van der Waals surface area (Å²) >= 11 is 12.6. The second-order valence-corrected chi connectivity index (χ2v) is 11.6. The number of carbonyl (C=O) groups is 2. The van der Waals surface area contributed by atoms with Gasteiger partial charge in [-0.1, -0.05) is 56.1 Å². The number of nitrogens with zero attached hydrogens (tertiary/aromatic N) is 1. The molecule has 2 N–H and O–H groups in total. The average molecular weight is 494 g/mol. The number of halogens is 3. The average Bonchev–Trinajstić information content (AvgIpc) is 2.79. The van der Waals surface area contributed by atoms with Crippen molar-refractivity contribution < 1.29 is 14.0 Å². The van der Waals surface area contributed by atoms with Crippen molar-refractivity contribution in [2.75, 3.05) is 14.1 Å². The van der Waals surface area contributed by atoms with E-state index in [1.807, 2.05) is 12.2 Å². The van der Waals surface area contributed by atoms with Crippen molar-refractivity contribution in [2.45, 2.75) is 45.2 Å². The number of nitrogens with one attached hydrogen (secondary N) is 2. The number of likely N-dealkylation sites (N-methyl/N-ethyl adjacent to an activating group) is 1. The van der Waals surface area contributed by atoms with Gasteiger partial charge in [0.15, 0.2) is 0 Å². The van der Waals surface area contributed by atoms with E-state index in [1.165, 1.54) is 17.0 Å². The molecule has 5 nitrogen and oxygen atoms in total. The highest BCUT2D eigenvalue weighted by atomic mass is 35.5. The van der Waals surface area contributed by atoms with E-state index in [0.29, 0.717) is 10.6 Å². The van der Waals surface area contributed by atoms with Crippen molar-refractivity contribution in [3.05, 3.63) is 57.5 Å². The molecule has 178 valence electrons. The molecule has 2 aliphatic heterocycles. The largest absolute Gasteiger partial charge is 0.347 e.